The molecule has 11 rings (SSSR count). The second-order valence-corrected chi connectivity index (χ2v) is 15.8. The minimum absolute atomic E-state index is 0.395. The van der Waals surface area contributed by atoms with Gasteiger partial charge < -0.3 is 18.6 Å². The van der Waals surface area contributed by atoms with Crippen molar-refractivity contribution < 1.29 is 8.83 Å². The highest BCUT2D eigenvalue weighted by Crippen LogP contribution is 2.52. The average Bonchev–Trinajstić information content (AvgIpc) is 3.85. The molecule has 4 nitrogen and oxygen atoms in total. The van der Waals surface area contributed by atoms with E-state index in [9.17, 15) is 0 Å². The van der Waals surface area contributed by atoms with Crippen LogP contribution in [0.2, 0.25) is 0 Å². The van der Waals surface area contributed by atoms with Crippen LogP contribution in [0.1, 0.15) is 43.6 Å². The van der Waals surface area contributed by atoms with Crippen LogP contribution in [0.15, 0.2) is 185 Å². The van der Waals surface area contributed by atoms with Crippen molar-refractivity contribution in [3.8, 4) is 0 Å². The molecule has 0 atom stereocenters. The molecule has 0 bridgehead atoms. The van der Waals surface area contributed by atoms with E-state index in [-0.39, 0.29) is 0 Å². The third-order valence-electron chi connectivity index (χ3n) is 12.0. The largest absolute Gasteiger partial charge is 0.454 e. The first-order valence-electron chi connectivity index (χ1n) is 20.7. The van der Waals surface area contributed by atoms with Gasteiger partial charge in [0.15, 0.2) is 11.2 Å². The number of anilines is 6. The van der Waals surface area contributed by atoms with Crippen LogP contribution in [0.3, 0.4) is 0 Å². The fourth-order valence-electron chi connectivity index (χ4n) is 9.29. The fourth-order valence-corrected chi connectivity index (χ4v) is 9.29. The number of benzene rings is 9. The van der Waals surface area contributed by atoms with Gasteiger partial charge in [-0.15, -0.1) is 0 Å². The van der Waals surface area contributed by atoms with Crippen LogP contribution in [-0.4, -0.2) is 0 Å². The smallest absolute Gasteiger partial charge is 0.159 e. The topological polar surface area (TPSA) is 32.8 Å². The SMILES string of the molecule is C=Cc1c(/C=C\C)oc2c(N(c3ccccc3)c3cc(N(c4ccccc4)c4cccc5c4oc4ccccc45)c4ccc5cc(C(C)C)cc6ccc3c4c65)cccc12. The molecule has 0 fully saturated rings. The van der Waals surface area contributed by atoms with E-state index in [1.807, 2.05) is 31.2 Å². The number of hydrogen-bond acceptors (Lipinski definition) is 4. The quantitative estimate of drug-likeness (QED) is 0.137. The van der Waals surface area contributed by atoms with Crippen molar-refractivity contribution in [1.82, 2.24) is 0 Å². The van der Waals surface area contributed by atoms with Crippen molar-refractivity contribution in [3.05, 3.63) is 193 Å². The number of furan rings is 2. The minimum Gasteiger partial charge on any atom is -0.454 e. The van der Waals surface area contributed by atoms with Gasteiger partial charge in [0, 0.05) is 49.3 Å². The molecule has 60 heavy (non-hydrogen) atoms. The molecular formula is C56H42N2O2. The normalized spacial score (nSPS) is 12.1. The third kappa shape index (κ3) is 5.45. The second kappa shape index (κ2) is 14.1. The standard InChI is InChI=1S/C56H42N2O2/c1-5-17-51-41(6-2)43-23-15-25-47(55(43)59-51)57(39-18-9-7-10-19-39)49-34-50(46-31-29-37-33-38(35(3)4)32-36-28-30-45(49)54(46)53(36)37)58(40-20-11-8-12-21-40)48-26-16-24-44-42-22-13-14-27-52(42)60-56(44)48/h5-35H,2H2,1,3-4H3/b17-5-. The summed E-state index contributed by atoms with van der Waals surface area (Å²) >= 11 is 0. The summed E-state index contributed by atoms with van der Waals surface area (Å²) in [5.74, 6) is 1.18. The van der Waals surface area contributed by atoms with E-state index in [1.54, 1.807) is 0 Å². The molecule has 11 aromatic rings. The van der Waals surface area contributed by atoms with Crippen LogP contribution in [0.5, 0.6) is 0 Å². The van der Waals surface area contributed by atoms with Gasteiger partial charge in [0.2, 0.25) is 0 Å². The van der Waals surface area contributed by atoms with Gasteiger partial charge in [-0.25, -0.2) is 0 Å². The van der Waals surface area contributed by atoms with Gasteiger partial charge in [0.1, 0.15) is 11.3 Å². The summed E-state index contributed by atoms with van der Waals surface area (Å²) in [5.41, 5.74) is 10.8. The van der Waals surface area contributed by atoms with E-state index in [0.717, 1.165) is 89.1 Å². The van der Waals surface area contributed by atoms with Crippen molar-refractivity contribution in [2.75, 3.05) is 9.80 Å². The summed E-state index contributed by atoms with van der Waals surface area (Å²) < 4.78 is 13.6. The van der Waals surface area contributed by atoms with Crippen molar-refractivity contribution in [2.24, 2.45) is 0 Å². The lowest BCUT2D eigenvalue weighted by molar-refractivity contribution is 0.603. The number of fused-ring (bicyclic) bond motifs is 4. The Kier molecular flexibility index (Phi) is 8.35. The first-order chi connectivity index (χ1) is 29.5. The highest BCUT2D eigenvalue weighted by molar-refractivity contribution is 6.29. The van der Waals surface area contributed by atoms with Crippen LogP contribution in [0.4, 0.5) is 34.1 Å². The van der Waals surface area contributed by atoms with Gasteiger partial charge >= 0.3 is 0 Å². The molecule has 0 unspecified atom stereocenters. The predicted molar refractivity (Wildman–Crippen MR) is 255 cm³/mol. The summed E-state index contributed by atoms with van der Waals surface area (Å²) in [5, 5.41) is 10.4. The Morgan fingerprint density at radius 2 is 1.05 bits per heavy atom. The van der Waals surface area contributed by atoms with Gasteiger partial charge in [-0.2, -0.15) is 0 Å². The van der Waals surface area contributed by atoms with Crippen molar-refractivity contribution in [2.45, 2.75) is 26.7 Å². The maximum Gasteiger partial charge on any atom is 0.159 e. The molecule has 0 radical (unpaired) electrons. The molecule has 0 amide bonds. The van der Waals surface area contributed by atoms with E-state index < -0.39 is 0 Å². The number of rotatable bonds is 9. The molecule has 4 heteroatoms. The van der Waals surface area contributed by atoms with Crippen LogP contribution >= 0.6 is 0 Å². The first kappa shape index (κ1) is 35.6. The highest BCUT2D eigenvalue weighted by Gasteiger charge is 2.28. The van der Waals surface area contributed by atoms with Crippen LogP contribution in [0, 0.1) is 0 Å². The van der Waals surface area contributed by atoms with E-state index >= 15 is 0 Å². The van der Waals surface area contributed by atoms with Crippen LogP contribution in [-0.2, 0) is 0 Å². The summed E-state index contributed by atoms with van der Waals surface area (Å²) in [7, 11) is 0. The van der Waals surface area contributed by atoms with Gasteiger partial charge in [-0.3, -0.25) is 0 Å². The third-order valence-corrected chi connectivity index (χ3v) is 12.0. The molecule has 0 N–H and O–H groups in total. The van der Waals surface area contributed by atoms with Crippen LogP contribution in [0.25, 0.3) is 77.4 Å². The molecule has 0 aliphatic heterocycles. The monoisotopic (exact) mass is 774 g/mol. The molecule has 0 aliphatic carbocycles. The zero-order valence-corrected chi connectivity index (χ0v) is 33.8. The van der Waals surface area contributed by atoms with E-state index in [2.05, 4.69) is 188 Å². The average molecular weight is 775 g/mol. The Hall–Kier alpha value is -7.56. The molecule has 288 valence electrons. The summed E-state index contributed by atoms with van der Waals surface area (Å²) in [6.07, 6.45) is 5.93. The molecular weight excluding hydrogens is 733 g/mol. The lowest BCUT2D eigenvalue weighted by Gasteiger charge is -2.32. The zero-order valence-electron chi connectivity index (χ0n) is 33.8. The van der Waals surface area contributed by atoms with Crippen molar-refractivity contribution in [1.29, 1.82) is 0 Å². The number of hydrogen-bond donors (Lipinski definition) is 0. The van der Waals surface area contributed by atoms with E-state index in [1.165, 1.54) is 27.1 Å². The Morgan fingerprint density at radius 3 is 1.63 bits per heavy atom. The second-order valence-electron chi connectivity index (χ2n) is 15.8. The van der Waals surface area contributed by atoms with Gasteiger partial charge in [0.25, 0.3) is 0 Å². The van der Waals surface area contributed by atoms with Crippen molar-refractivity contribution >= 4 is 112 Å². The summed E-state index contributed by atoms with van der Waals surface area (Å²) in [6, 6.07) is 58.9. The molecule has 0 saturated heterocycles. The number of nitrogens with zero attached hydrogens (tertiary/aromatic N) is 2. The Labute approximate surface area is 348 Å². The lowest BCUT2D eigenvalue weighted by Crippen LogP contribution is -2.15. The minimum atomic E-state index is 0.395. The Bertz CT molecular complexity index is 3430. The van der Waals surface area contributed by atoms with E-state index in [0.29, 0.717) is 5.92 Å². The number of allylic oxidation sites excluding steroid dienone is 1. The summed E-state index contributed by atoms with van der Waals surface area (Å²) in [6.45, 7) is 10.7. The maximum absolute atomic E-state index is 6.82. The molecule has 0 saturated carbocycles. The fraction of sp³-hybridized carbons (Fsp3) is 0.0714. The molecule has 2 aromatic heterocycles. The van der Waals surface area contributed by atoms with Gasteiger partial charge in [-0.05, 0) is 89.2 Å². The zero-order chi connectivity index (χ0) is 40.5. The molecule has 0 spiro atoms. The van der Waals surface area contributed by atoms with E-state index in [4.69, 9.17) is 8.83 Å². The Morgan fingerprint density at radius 1 is 0.500 bits per heavy atom. The Balaban J connectivity index is 1.31. The van der Waals surface area contributed by atoms with Gasteiger partial charge in [0.05, 0.1) is 22.7 Å². The lowest BCUT2D eigenvalue weighted by atomic mass is 9.88. The number of para-hydroxylation sites is 5. The predicted octanol–water partition coefficient (Wildman–Crippen LogP) is 17.0. The molecule has 0 aliphatic rings. The van der Waals surface area contributed by atoms with Gasteiger partial charge in [-0.1, -0.05) is 148 Å². The summed E-state index contributed by atoms with van der Waals surface area (Å²) in [4.78, 5) is 4.76. The first-order valence-corrected chi connectivity index (χ1v) is 20.7. The highest BCUT2D eigenvalue weighted by atomic mass is 16.3. The molecule has 9 aromatic carbocycles. The maximum atomic E-state index is 6.82. The van der Waals surface area contributed by atoms with Crippen LogP contribution < -0.4 is 9.80 Å². The molecule has 2 heterocycles. The van der Waals surface area contributed by atoms with Crippen molar-refractivity contribution in [3.63, 3.8) is 0 Å².